The number of ether oxygens (including phenoxy) is 1. The lowest BCUT2D eigenvalue weighted by Crippen LogP contribution is -2.47. The van der Waals surface area contributed by atoms with Crippen LogP contribution < -0.4 is 9.64 Å². The van der Waals surface area contributed by atoms with Gasteiger partial charge < -0.3 is 19.1 Å². The molecule has 5 rings (SSSR count). The molecule has 0 radical (unpaired) electrons. The Morgan fingerprint density at radius 1 is 1.03 bits per heavy atom. The van der Waals surface area contributed by atoms with Gasteiger partial charge in [-0.25, -0.2) is 0 Å². The first-order valence-corrected chi connectivity index (χ1v) is 12.8. The molecule has 8 heteroatoms. The first-order valence-electron chi connectivity index (χ1n) is 12.8. The number of hydrogen-bond donors (Lipinski definition) is 0. The van der Waals surface area contributed by atoms with Crippen LogP contribution in [0.3, 0.4) is 0 Å². The van der Waals surface area contributed by atoms with Crippen molar-refractivity contribution in [3.63, 3.8) is 0 Å². The summed E-state index contributed by atoms with van der Waals surface area (Å²) in [7, 11) is 2.14. The Hall–Kier alpha value is -2.61. The lowest BCUT2D eigenvalue weighted by Gasteiger charge is -2.37. The summed E-state index contributed by atoms with van der Waals surface area (Å²) in [6, 6.07) is 5.83. The van der Waals surface area contributed by atoms with Gasteiger partial charge in [0.05, 0.1) is 6.54 Å². The SMILES string of the molecule is CN(CCCCN1C(=O)CC2(CCCC2)CC1=O)CCCN1CCOc2cccc3onc1c23. The molecule has 2 aromatic rings. The first kappa shape index (κ1) is 23.1. The van der Waals surface area contributed by atoms with E-state index in [4.69, 9.17) is 9.26 Å². The maximum Gasteiger partial charge on any atom is 0.229 e. The van der Waals surface area contributed by atoms with E-state index in [0.717, 1.165) is 93.7 Å². The predicted octanol–water partition coefficient (Wildman–Crippen LogP) is 3.84. The van der Waals surface area contributed by atoms with Gasteiger partial charge in [0.15, 0.2) is 11.4 Å². The minimum Gasteiger partial charge on any atom is -0.491 e. The number of hydrogen-bond acceptors (Lipinski definition) is 7. The third kappa shape index (κ3) is 4.78. The van der Waals surface area contributed by atoms with E-state index in [-0.39, 0.29) is 17.2 Å². The third-order valence-corrected chi connectivity index (χ3v) is 7.82. The average Bonchev–Trinajstić information content (AvgIpc) is 3.40. The molecular formula is C26H36N4O4. The van der Waals surface area contributed by atoms with E-state index in [2.05, 4.69) is 22.0 Å². The molecule has 0 N–H and O–H groups in total. The minimum atomic E-state index is -0.00971. The van der Waals surface area contributed by atoms with Crippen molar-refractivity contribution < 1.29 is 18.8 Å². The molecule has 184 valence electrons. The van der Waals surface area contributed by atoms with Gasteiger partial charge in [0.2, 0.25) is 11.8 Å². The quantitative estimate of drug-likeness (QED) is 0.409. The normalized spacial score (nSPS) is 19.9. The fourth-order valence-corrected chi connectivity index (χ4v) is 5.93. The summed E-state index contributed by atoms with van der Waals surface area (Å²) in [5.74, 6) is 1.83. The Bertz CT molecular complexity index is 1010. The molecule has 1 aromatic heterocycles. The summed E-state index contributed by atoms with van der Waals surface area (Å²) in [5, 5.41) is 5.27. The molecule has 2 aliphatic heterocycles. The molecule has 3 heterocycles. The van der Waals surface area contributed by atoms with Gasteiger partial charge in [-0.1, -0.05) is 24.1 Å². The van der Waals surface area contributed by atoms with E-state index in [1.54, 1.807) is 0 Å². The Kier molecular flexibility index (Phi) is 6.77. The number of nitrogens with zero attached hydrogens (tertiary/aromatic N) is 4. The maximum atomic E-state index is 12.6. The van der Waals surface area contributed by atoms with Gasteiger partial charge in [-0.15, -0.1) is 0 Å². The minimum absolute atomic E-state index is 0.00971. The smallest absolute Gasteiger partial charge is 0.229 e. The molecule has 0 atom stereocenters. The maximum absolute atomic E-state index is 12.6. The zero-order chi connectivity index (χ0) is 23.5. The van der Waals surface area contributed by atoms with Crippen LogP contribution in [0.4, 0.5) is 5.82 Å². The first-order chi connectivity index (χ1) is 16.5. The second-order valence-corrected chi connectivity index (χ2v) is 10.3. The molecule has 3 aliphatic rings. The Morgan fingerprint density at radius 2 is 1.79 bits per heavy atom. The highest BCUT2D eigenvalue weighted by Gasteiger charge is 2.44. The summed E-state index contributed by atoms with van der Waals surface area (Å²) >= 11 is 0. The van der Waals surface area contributed by atoms with Gasteiger partial charge >= 0.3 is 0 Å². The van der Waals surface area contributed by atoms with Crippen LogP contribution in [0.15, 0.2) is 22.7 Å². The van der Waals surface area contributed by atoms with Crippen LogP contribution in [-0.4, -0.2) is 73.1 Å². The number of unbranched alkanes of at least 4 members (excludes halogenated alkanes) is 1. The number of aromatic nitrogens is 1. The van der Waals surface area contributed by atoms with Gasteiger partial charge in [0.25, 0.3) is 0 Å². The van der Waals surface area contributed by atoms with Crippen molar-refractivity contribution in [2.75, 3.05) is 51.3 Å². The van der Waals surface area contributed by atoms with Crippen LogP contribution in [-0.2, 0) is 9.59 Å². The number of piperidine rings is 1. The van der Waals surface area contributed by atoms with E-state index in [0.29, 0.717) is 26.0 Å². The second kappa shape index (κ2) is 9.94. The zero-order valence-corrected chi connectivity index (χ0v) is 20.3. The zero-order valence-electron chi connectivity index (χ0n) is 20.3. The molecule has 8 nitrogen and oxygen atoms in total. The van der Waals surface area contributed by atoms with Crippen LogP contribution in [0.1, 0.15) is 57.8 Å². The monoisotopic (exact) mass is 468 g/mol. The summed E-state index contributed by atoms with van der Waals surface area (Å²) in [6.07, 6.45) is 8.41. The molecule has 34 heavy (non-hydrogen) atoms. The molecule has 0 unspecified atom stereocenters. The number of anilines is 1. The molecule has 2 fully saturated rings. The van der Waals surface area contributed by atoms with E-state index in [9.17, 15) is 9.59 Å². The lowest BCUT2D eigenvalue weighted by atomic mass is 9.76. The highest BCUT2D eigenvalue weighted by Crippen LogP contribution is 2.46. The molecule has 1 spiro atoms. The number of amides is 2. The summed E-state index contributed by atoms with van der Waals surface area (Å²) in [4.78, 5) is 31.3. The second-order valence-electron chi connectivity index (χ2n) is 10.3. The van der Waals surface area contributed by atoms with Crippen molar-refractivity contribution in [3.05, 3.63) is 18.2 Å². The summed E-state index contributed by atoms with van der Waals surface area (Å²) in [5.41, 5.74) is 0.755. The van der Waals surface area contributed by atoms with E-state index in [1.807, 2.05) is 18.2 Å². The van der Waals surface area contributed by atoms with Gasteiger partial charge in [0, 0.05) is 25.9 Å². The summed E-state index contributed by atoms with van der Waals surface area (Å²) < 4.78 is 11.4. The van der Waals surface area contributed by atoms with Gasteiger partial charge in [0.1, 0.15) is 17.7 Å². The molecule has 1 saturated heterocycles. The van der Waals surface area contributed by atoms with Crippen molar-refractivity contribution in [3.8, 4) is 5.75 Å². The molecule has 1 saturated carbocycles. The Labute approximate surface area is 201 Å². The van der Waals surface area contributed by atoms with Crippen LogP contribution in [0.25, 0.3) is 11.0 Å². The number of rotatable bonds is 9. The number of carbonyl (C=O) groups excluding carboxylic acids is 2. The van der Waals surface area contributed by atoms with Crippen LogP contribution in [0.2, 0.25) is 0 Å². The Morgan fingerprint density at radius 3 is 2.59 bits per heavy atom. The Balaban J connectivity index is 1.02. The fraction of sp³-hybridized carbons (Fsp3) is 0.654. The van der Waals surface area contributed by atoms with Gasteiger partial charge in [-0.05, 0) is 69.8 Å². The summed E-state index contributed by atoms with van der Waals surface area (Å²) in [6.45, 7) is 4.82. The lowest BCUT2D eigenvalue weighted by molar-refractivity contribution is -0.153. The fourth-order valence-electron chi connectivity index (χ4n) is 5.93. The van der Waals surface area contributed by atoms with Crippen molar-refractivity contribution in [1.29, 1.82) is 0 Å². The van der Waals surface area contributed by atoms with E-state index >= 15 is 0 Å². The number of likely N-dealkylation sites (tertiary alicyclic amines) is 1. The van der Waals surface area contributed by atoms with Crippen molar-refractivity contribution in [2.45, 2.75) is 57.8 Å². The molecule has 1 aromatic carbocycles. The average molecular weight is 469 g/mol. The van der Waals surface area contributed by atoms with Gasteiger partial charge in [-0.3, -0.25) is 14.5 Å². The van der Waals surface area contributed by atoms with E-state index in [1.165, 1.54) is 4.90 Å². The third-order valence-electron chi connectivity index (χ3n) is 7.82. The molecule has 0 bridgehead atoms. The van der Waals surface area contributed by atoms with Crippen molar-refractivity contribution >= 4 is 28.6 Å². The molecular weight excluding hydrogens is 432 g/mol. The highest BCUT2D eigenvalue weighted by atomic mass is 16.5. The molecule has 2 amide bonds. The number of imide groups is 1. The highest BCUT2D eigenvalue weighted by molar-refractivity contribution is 5.98. The standard InChI is InChI=1S/C26H36N4O4/c1-28(12-4-5-15-30-22(31)18-26(19-23(30)32)10-2-3-11-26)13-7-14-29-16-17-33-20-8-6-9-21-24(20)25(29)27-34-21/h6,8-9H,2-5,7,10-19H2,1H3. The van der Waals surface area contributed by atoms with Crippen LogP contribution >= 0.6 is 0 Å². The molecule has 1 aliphatic carbocycles. The van der Waals surface area contributed by atoms with Crippen molar-refractivity contribution in [1.82, 2.24) is 15.0 Å². The largest absolute Gasteiger partial charge is 0.491 e. The predicted molar refractivity (Wildman–Crippen MR) is 130 cm³/mol. The van der Waals surface area contributed by atoms with E-state index < -0.39 is 0 Å². The van der Waals surface area contributed by atoms with Crippen LogP contribution in [0.5, 0.6) is 5.75 Å². The number of benzene rings is 1. The van der Waals surface area contributed by atoms with Crippen molar-refractivity contribution in [2.24, 2.45) is 5.41 Å². The van der Waals surface area contributed by atoms with Gasteiger partial charge in [-0.2, -0.15) is 0 Å². The number of carbonyl (C=O) groups is 2. The van der Waals surface area contributed by atoms with Crippen LogP contribution in [0, 0.1) is 5.41 Å². The topological polar surface area (TPSA) is 79.1 Å².